The zero-order chi connectivity index (χ0) is 14.7. The molecule has 2 unspecified atom stereocenters. The van der Waals surface area contributed by atoms with Gasteiger partial charge in [-0.1, -0.05) is 6.58 Å². The van der Waals surface area contributed by atoms with E-state index in [0.29, 0.717) is 25.4 Å². The highest BCUT2D eigenvalue weighted by Gasteiger charge is 2.09. The molecule has 0 aromatic rings. The summed E-state index contributed by atoms with van der Waals surface area (Å²) in [5.74, 6) is -0.518. The van der Waals surface area contributed by atoms with Crippen LogP contribution in [0.4, 0.5) is 0 Å². The number of ether oxygens (including phenoxy) is 4. The van der Waals surface area contributed by atoms with E-state index in [-0.39, 0.29) is 19.3 Å². The Morgan fingerprint density at radius 3 is 2.53 bits per heavy atom. The van der Waals surface area contributed by atoms with E-state index in [0.717, 1.165) is 0 Å². The van der Waals surface area contributed by atoms with Crippen LogP contribution < -0.4 is 0 Å². The third kappa shape index (κ3) is 10.6. The second-order valence-corrected chi connectivity index (χ2v) is 4.24. The minimum absolute atomic E-state index is 0.00930. The van der Waals surface area contributed by atoms with E-state index in [1.807, 2.05) is 6.92 Å². The van der Waals surface area contributed by atoms with E-state index >= 15 is 0 Å². The maximum absolute atomic E-state index is 11.1. The van der Waals surface area contributed by atoms with Gasteiger partial charge >= 0.3 is 5.97 Å². The minimum Gasteiger partial charge on any atom is -0.460 e. The molecule has 112 valence electrons. The fourth-order valence-electron chi connectivity index (χ4n) is 1.15. The molecule has 0 amide bonds. The van der Waals surface area contributed by atoms with Crippen LogP contribution in [0.25, 0.3) is 0 Å². The van der Waals surface area contributed by atoms with Gasteiger partial charge in [0, 0.05) is 12.7 Å². The number of methoxy groups -OCH3 is 1. The van der Waals surface area contributed by atoms with E-state index in [1.165, 1.54) is 0 Å². The lowest BCUT2D eigenvalue weighted by Gasteiger charge is -2.14. The number of carbonyl (C=O) groups excluding carboxylic acids is 1. The van der Waals surface area contributed by atoms with Crippen molar-refractivity contribution < 1.29 is 28.8 Å². The molecule has 19 heavy (non-hydrogen) atoms. The highest BCUT2D eigenvalue weighted by Crippen LogP contribution is 1.95. The zero-order valence-corrected chi connectivity index (χ0v) is 11.9. The number of aliphatic hydroxyl groups is 1. The molecule has 1 N–H and O–H groups in total. The number of carbonyl (C=O) groups is 1. The summed E-state index contributed by atoms with van der Waals surface area (Å²) < 4.78 is 20.2. The third-order valence-corrected chi connectivity index (χ3v) is 2.10. The number of hydrogen-bond donors (Lipinski definition) is 1. The second-order valence-electron chi connectivity index (χ2n) is 4.24. The molecule has 0 aromatic heterocycles. The molecular weight excluding hydrogens is 252 g/mol. The molecule has 6 heteroatoms. The average molecular weight is 276 g/mol. The molecule has 0 aliphatic heterocycles. The highest BCUT2D eigenvalue weighted by atomic mass is 16.6. The summed E-state index contributed by atoms with van der Waals surface area (Å²) in [5.41, 5.74) is 0.300. The average Bonchev–Trinajstić information content (AvgIpc) is 2.35. The third-order valence-electron chi connectivity index (χ3n) is 2.10. The van der Waals surface area contributed by atoms with Gasteiger partial charge in [0.2, 0.25) is 0 Å². The zero-order valence-electron chi connectivity index (χ0n) is 11.9. The Bertz CT molecular complexity index is 266. The van der Waals surface area contributed by atoms with Crippen molar-refractivity contribution in [2.24, 2.45) is 0 Å². The first-order chi connectivity index (χ1) is 8.97. The molecular formula is C13H24O6. The van der Waals surface area contributed by atoms with Crippen LogP contribution in [-0.4, -0.2) is 63.4 Å². The molecule has 0 fully saturated rings. The van der Waals surface area contributed by atoms with Gasteiger partial charge < -0.3 is 24.1 Å². The van der Waals surface area contributed by atoms with Gasteiger partial charge in [-0.25, -0.2) is 4.79 Å². The van der Waals surface area contributed by atoms with Gasteiger partial charge in [-0.15, -0.1) is 0 Å². The van der Waals surface area contributed by atoms with Gasteiger partial charge in [0.05, 0.1) is 32.5 Å². The van der Waals surface area contributed by atoms with Gasteiger partial charge in [-0.3, -0.25) is 0 Å². The van der Waals surface area contributed by atoms with Gasteiger partial charge in [0.25, 0.3) is 0 Å². The van der Waals surface area contributed by atoms with Crippen LogP contribution in [0, 0.1) is 0 Å². The topological polar surface area (TPSA) is 74.2 Å². The quantitative estimate of drug-likeness (QED) is 0.337. The Balaban J connectivity index is 3.46. The van der Waals surface area contributed by atoms with E-state index in [4.69, 9.17) is 18.9 Å². The molecule has 0 rings (SSSR count). The molecule has 0 heterocycles. The summed E-state index contributed by atoms with van der Waals surface area (Å²) in [6, 6.07) is 0. The van der Waals surface area contributed by atoms with Crippen molar-refractivity contribution in [2.75, 3.05) is 40.1 Å². The smallest absolute Gasteiger partial charge is 0.333 e. The molecule has 0 saturated carbocycles. The van der Waals surface area contributed by atoms with Crippen LogP contribution in [-0.2, 0) is 23.7 Å². The molecule has 6 nitrogen and oxygen atoms in total. The summed E-state index contributed by atoms with van der Waals surface area (Å²) in [7, 11) is 1.61. The summed E-state index contributed by atoms with van der Waals surface area (Å²) >= 11 is 0. The molecule has 0 bridgehead atoms. The normalized spacial score (nSPS) is 13.9. The SMILES string of the molecule is C=C(C)C(=O)OCC(O)COCCOC(C)COC. The largest absolute Gasteiger partial charge is 0.460 e. The van der Waals surface area contributed by atoms with E-state index < -0.39 is 12.1 Å². The van der Waals surface area contributed by atoms with Crippen molar-refractivity contribution in [1.29, 1.82) is 0 Å². The Morgan fingerprint density at radius 1 is 1.26 bits per heavy atom. The van der Waals surface area contributed by atoms with Crippen molar-refractivity contribution in [3.8, 4) is 0 Å². The Labute approximate surface area is 114 Å². The standard InChI is InChI=1S/C13H24O6/c1-10(2)13(15)19-9-12(14)8-17-5-6-18-11(3)7-16-4/h11-12,14H,1,5-9H2,2-4H3. The van der Waals surface area contributed by atoms with Crippen molar-refractivity contribution in [1.82, 2.24) is 0 Å². The fourth-order valence-corrected chi connectivity index (χ4v) is 1.15. The minimum atomic E-state index is -0.848. The Hall–Kier alpha value is -0.950. The van der Waals surface area contributed by atoms with Crippen LogP contribution in [0.2, 0.25) is 0 Å². The fraction of sp³-hybridized carbons (Fsp3) is 0.769. The monoisotopic (exact) mass is 276 g/mol. The lowest BCUT2D eigenvalue weighted by molar-refractivity contribution is -0.143. The number of rotatable bonds is 11. The predicted octanol–water partition coefficient (Wildman–Crippen LogP) is 0.535. The van der Waals surface area contributed by atoms with Crippen LogP contribution in [0.3, 0.4) is 0 Å². The van der Waals surface area contributed by atoms with Gasteiger partial charge in [0.1, 0.15) is 12.7 Å². The summed E-state index contributed by atoms with van der Waals surface area (Å²) in [5, 5.41) is 9.48. The van der Waals surface area contributed by atoms with Crippen LogP contribution in [0.1, 0.15) is 13.8 Å². The predicted molar refractivity (Wildman–Crippen MR) is 69.9 cm³/mol. The summed E-state index contributed by atoms with van der Waals surface area (Å²) in [6.45, 7) is 8.17. The first-order valence-corrected chi connectivity index (χ1v) is 6.16. The lowest BCUT2D eigenvalue weighted by atomic mass is 10.3. The van der Waals surface area contributed by atoms with E-state index in [1.54, 1.807) is 14.0 Å². The van der Waals surface area contributed by atoms with E-state index in [9.17, 15) is 9.90 Å². The first kappa shape index (κ1) is 18.0. The van der Waals surface area contributed by atoms with Crippen LogP contribution in [0.5, 0.6) is 0 Å². The molecule has 0 aliphatic rings. The molecule has 0 spiro atoms. The summed E-state index contributed by atoms with van der Waals surface area (Å²) in [4.78, 5) is 11.1. The highest BCUT2D eigenvalue weighted by molar-refractivity contribution is 5.86. The Morgan fingerprint density at radius 2 is 1.95 bits per heavy atom. The molecule has 2 atom stereocenters. The number of esters is 1. The second kappa shape index (κ2) is 10.9. The van der Waals surface area contributed by atoms with Crippen molar-refractivity contribution in [3.63, 3.8) is 0 Å². The number of aliphatic hydroxyl groups excluding tert-OH is 1. The van der Waals surface area contributed by atoms with Crippen LogP contribution in [0.15, 0.2) is 12.2 Å². The summed E-state index contributed by atoms with van der Waals surface area (Å²) in [6.07, 6.45) is -0.838. The molecule has 0 radical (unpaired) electrons. The van der Waals surface area contributed by atoms with Gasteiger partial charge in [0.15, 0.2) is 0 Å². The lowest BCUT2D eigenvalue weighted by Crippen LogP contribution is -2.25. The Kier molecular flexibility index (Phi) is 10.4. The van der Waals surface area contributed by atoms with E-state index in [2.05, 4.69) is 6.58 Å². The first-order valence-electron chi connectivity index (χ1n) is 6.16. The molecule has 0 aliphatic carbocycles. The number of hydrogen-bond acceptors (Lipinski definition) is 6. The van der Waals surface area contributed by atoms with Gasteiger partial charge in [-0.2, -0.15) is 0 Å². The van der Waals surface area contributed by atoms with Crippen molar-refractivity contribution in [2.45, 2.75) is 26.1 Å². The maximum Gasteiger partial charge on any atom is 0.333 e. The van der Waals surface area contributed by atoms with Crippen molar-refractivity contribution >= 4 is 5.97 Å². The molecule has 0 aromatic carbocycles. The maximum atomic E-state index is 11.1. The van der Waals surface area contributed by atoms with Gasteiger partial charge in [-0.05, 0) is 13.8 Å². The van der Waals surface area contributed by atoms with Crippen LogP contribution >= 0.6 is 0 Å². The molecule has 0 saturated heterocycles. The van der Waals surface area contributed by atoms with Crippen molar-refractivity contribution in [3.05, 3.63) is 12.2 Å².